The van der Waals surface area contributed by atoms with Crippen molar-refractivity contribution in [3.8, 4) is 11.3 Å². The molecule has 0 aliphatic carbocycles. The quantitative estimate of drug-likeness (QED) is 0.578. The fourth-order valence-corrected chi connectivity index (χ4v) is 4.19. The van der Waals surface area contributed by atoms with Crippen molar-refractivity contribution in [2.75, 3.05) is 5.32 Å². The van der Waals surface area contributed by atoms with Gasteiger partial charge in [-0.1, -0.05) is 37.6 Å². The first-order chi connectivity index (χ1) is 11.2. The summed E-state index contributed by atoms with van der Waals surface area (Å²) in [5, 5.41) is 5.44. The topological polar surface area (TPSA) is 42.0 Å². The van der Waals surface area contributed by atoms with E-state index in [1.54, 1.807) is 6.07 Å². The first-order valence-corrected chi connectivity index (χ1v) is 9.76. The smallest absolute Gasteiger partial charge is 0.267 e. The lowest BCUT2D eigenvalue weighted by atomic mass is 10.1. The van der Waals surface area contributed by atoms with Crippen molar-refractivity contribution in [1.82, 2.24) is 4.98 Å². The molecule has 2 heterocycles. The van der Waals surface area contributed by atoms with Gasteiger partial charge in [-0.3, -0.25) is 10.1 Å². The Balaban J connectivity index is 1.71. The summed E-state index contributed by atoms with van der Waals surface area (Å²) in [7, 11) is 0. The maximum Gasteiger partial charge on any atom is 0.267 e. The number of aryl methyl sites for hydroxylation is 1. The molecular weight excluding hydrogens is 392 g/mol. The highest BCUT2D eigenvalue weighted by atomic mass is 79.9. The van der Waals surface area contributed by atoms with Gasteiger partial charge in [-0.25, -0.2) is 4.98 Å². The highest BCUT2D eigenvalue weighted by molar-refractivity contribution is 9.11. The molecule has 0 spiro atoms. The Bertz CT molecular complexity index is 808. The molecule has 3 rings (SSSR count). The average molecular weight is 407 g/mol. The van der Waals surface area contributed by atoms with E-state index in [1.807, 2.05) is 11.4 Å². The highest BCUT2D eigenvalue weighted by Gasteiger charge is 2.11. The third-order valence-electron chi connectivity index (χ3n) is 3.31. The van der Waals surface area contributed by atoms with Crippen LogP contribution in [0, 0.1) is 0 Å². The molecule has 0 bridgehead atoms. The van der Waals surface area contributed by atoms with Crippen molar-refractivity contribution in [1.29, 1.82) is 0 Å². The fraction of sp³-hybridized carbons (Fsp3) is 0.176. The second-order valence-electron chi connectivity index (χ2n) is 5.04. The Morgan fingerprint density at radius 2 is 2.00 bits per heavy atom. The summed E-state index contributed by atoms with van der Waals surface area (Å²) in [4.78, 5) is 17.3. The maximum absolute atomic E-state index is 12.1. The largest absolute Gasteiger partial charge is 0.297 e. The molecule has 23 heavy (non-hydrogen) atoms. The van der Waals surface area contributed by atoms with E-state index in [2.05, 4.69) is 57.4 Å². The molecular formula is C17H15BrN2OS2. The van der Waals surface area contributed by atoms with Crippen molar-refractivity contribution < 1.29 is 4.79 Å². The maximum atomic E-state index is 12.1. The van der Waals surface area contributed by atoms with Gasteiger partial charge >= 0.3 is 0 Å². The van der Waals surface area contributed by atoms with E-state index >= 15 is 0 Å². The summed E-state index contributed by atoms with van der Waals surface area (Å²) >= 11 is 6.21. The molecule has 0 radical (unpaired) electrons. The van der Waals surface area contributed by atoms with Crippen LogP contribution in [0.5, 0.6) is 0 Å². The number of hydrogen-bond acceptors (Lipinski definition) is 4. The van der Waals surface area contributed by atoms with E-state index in [0.29, 0.717) is 10.0 Å². The molecule has 3 nitrogen and oxygen atoms in total. The highest BCUT2D eigenvalue weighted by Crippen LogP contribution is 2.27. The van der Waals surface area contributed by atoms with Crippen molar-refractivity contribution in [3.63, 3.8) is 0 Å². The van der Waals surface area contributed by atoms with Gasteiger partial charge in [0, 0.05) is 10.9 Å². The third kappa shape index (κ3) is 4.07. The van der Waals surface area contributed by atoms with Crippen LogP contribution in [0.4, 0.5) is 5.13 Å². The molecule has 1 amide bonds. The van der Waals surface area contributed by atoms with Crippen molar-refractivity contribution >= 4 is 49.6 Å². The van der Waals surface area contributed by atoms with Gasteiger partial charge in [0.25, 0.3) is 5.91 Å². The molecule has 0 unspecified atom stereocenters. The molecule has 0 saturated heterocycles. The number of halogens is 1. The van der Waals surface area contributed by atoms with Crippen LogP contribution in [0.25, 0.3) is 11.3 Å². The molecule has 3 aromatic rings. The molecule has 0 saturated carbocycles. The van der Waals surface area contributed by atoms with Gasteiger partial charge in [0.05, 0.1) is 14.4 Å². The number of hydrogen-bond donors (Lipinski definition) is 1. The molecule has 6 heteroatoms. The van der Waals surface area contributed by atoms with Crippen molar-refractivity contribution in [2.24, 2.45) is 0 Å². The van der Waals surface area contributed by atoms with Gasteiger partial charge < -0.3 is 0 Å². The van der Waals surface area contributed by atoms with Crippen LogP contribution in [0.1, 0.15) is 28.6 Å². The summed E-state index contributed by atoms with van der Waals surface area (Å²) in [6.07, 6.45) is 2.24. The summed E-state index contributed by atoms with van der Waals surface area (Å²) < 4.78 is 0.939. The van der Waals surface area contributed by atoms with E-state index < -0.39 is 0 Å². The lowest BCUT2D eigenvalue weighted by Gasteiger charge is -2.01. The number of anilines is 1. The van der Waals surface area contributed by atoms with Crippen LogP contribution < -0.4 is 5.32 Å². The van der Waals surface area contributed by atoms with E-state index in [4.69, 9.17) is 0 Å². The standard InChI is InChI=1S/C17H15BrN2OS2/c1-2-3-11-4-6-12(7-5-11)13-10-22-17(19-13)20-16(21)14-8-9-15(18)23-14/h4-10H,2-3H2,1H3,(H,19,20,21). The number of nitrogens with one attached hydrogen (secondary N) is 1. The third-order valence-corrected chi connectivity index (χ3v) is 5.69. The fourth-order valence-electron chi connectivity index (χ4n) is 2.19. The number of thiophene rings is 1. The van der Waals surface area contributed by atoms with Gasteiger partial charge in [0.2, 0.25) is 0 Å². The number of aromatic nitrogens is 1. The second kappa shape index (κ2) is 7.38. The zero-order chi connectivity index (χ0) is 16.2. The number of carbonyl (C=O) groups is 1. The minimum Gasteiger partial charge on any atom is -0.297 e. The van der Waals surface area contributed by atoms with Crippen LogP contribution in [0.2, 0.25) is 0 Å². The van der Waals surface area contributed by atoms with Crippen LogP contribution >= 0.6 is 38.6 Å². The molecule has 1 N–H and O–H groups in total. The number of rotatable bonds is 5. The van der Waals surface area contributed by atoms with E-state index in [9.17, 15) is 4.79 Å². The SMILES string of the molecule is CCCc1ccc(-c2csc(NC(=O)c3ccc(Br)s3)n2)cc1. The molecule has 0 aliphatic rings. The molecule has 1 aromatic carbocycles. The summed E-state index contributed by atoms with van der Waals surface area (Å²) in [6.45, 7) is 2.18. The Morgan fingerprint density at radius 3 is 2.65 bits per heavy atom. The molecule has 0 aliphatic heterocycles. The summed E-state index contributed by atoms with van der Waals surface area (Å²) in [6, 6.07) is 12.1. The van der Waals surface area contributed by atoms with Gasteiger partial charge in [0.1, 0.15) is 0 Å². The first-order valence-electron chi connectivity index (χ1n) is 7.27. The summed E-state index contributed by atoms with van der Waals surface area (Å²) in [5.41, 5.74) is 3.30. The molecule has 2 aromatic heterocycles. The lowest BCUT2D eigenvalue weighted by molar-refractivity contribution is 0.103. The van der Waals surface area contributed by atoms with Crippen LogP contribution in [0.15, 0.2) is 45.6 Å². The number of carbonyl (C=O) groups excluding carboxylic acids is 1. The van der Waals surface area contributed by atoms with Crippen molar-refractivity contribution in [3.05, 3.63) is 56.0 Å². The predicted octanol–water partition coefficient (Wildman–Crippen LogP) is 5.84. The number of amides is 1. The first kappa shape index (κ1) is 16.4. The van der Waals surface area contributed by atoms with Gasteiger partial charge in [0.15, 0.2) is 5.13 Å². The Kier molecular flexibility index (Phi) is 5.25. The monoisotopic (exact) mass is 406 g/mol. The molecule has 118 valence electrons. The number of thiazole rings is 1. The molecule has 0 fully saturated rings. The Hall–Kier alpha value is -1.50. The number of benzene rings is 1. The van der Waals surface area contributed by atoms with Crippen molar-refractivity contribution in [2.45, 2.75) is 19.8 Å². The van der Waals surface area contributed by atoms with Gasteiger partial charge in [-0.2, -0.15) is 0 Å². The lowest BCUT2D eigenvalue weighted by Crippen LogP contribution is -2.09. The van der Waals surface area contributed by atoms with Crippen LogP contribution in [-0.4, -0.2) is 10.9 Å². The van der Waals surface area contributed by atoms with E-state index in [0.717, 1.165) is 27.9 Å². The normalized spacial score (nSPS) is 10.7. The zero-order valence-corrected chi connectivity index (χ0v) is 15.7. The van der Waals surface area contributed by atoms with E-state index in [1.165, 1.54) is 28.2 Å². The Morgan fingerprint density at radius 1 is 1.22 bits per heavy atom. The van der Waals surface area contributed by atoms with Gasteiger partial charge in [-0.05, 0) is 40.0 Å². The predicted molar refractivity (Wildman–Crippen MR) is 102 cm³/mol. The zero-order valence-electron chi connectivity index (χ0n) is 12.5. The van der Waals surface area contributed by atoms with Crippen LogP contribution in [-0.2, 0) is 6.42 Å². The Labute approximate surface area is 151 Å². The molecule has 0 atom stereocenters. The van der Waals surface area contributed by atoms with Crippen LogP contribution in [0.3, 0.4) is 0 Å². The minimum absolute atomic E-state index is 0.125. The number of nitrogens with zero attached hydrogens (tertiary/aromatic N) is 1. The average Bonchev–Trinajstić information content (AvgIpc) is 3.18. The van der Waals surface area contributed by atoms with Gasteiger partial charge in [-0.15, -0.1) is 22.7 Å². The minimum atomic E-state index is -0.125. The second-order valence-corrected chi connectivity index (χ2v) is 8.36. The van der Waals surface area contributed by atoms with E-state index in [-0.39, 0.29) is 5.91 Å². The summed E-state index contributed by atoms with van der Waals surface area (Å²) in [5.74, 6) is -0.125.